The molecule has 0 atom stereocenters. The first-order valence-corrected chi connectivity index (χ1v) is 10.3. The van der Waals surface area contributed by atoms with Crippen LogP contribution < -0.4 is 20.6 Å². The summed E-state index contributed by atoms with van der Waals surface area (Å²) in [5.74, 6) is 0.666. The van der Waals surface area contributed by atoms with Gasteiger partial charge in [0.2, 0.25) is 0 Å². The summed E-state index contributed by atoms with van der Waals surface area (Å²) >= 11 is 0. The summed E-state index contributed by atoms with van der Waals surface area (Å²) < 4.78 is 34.4. The average molecular weight is 423 g/mol. The minimum Gasteiger partial charge on any atom is -0.497 e. The van der Waals surface area contributed by atoms with Crippen molar-refractivity contribution in [2.75, 3.05) is 17.6 Å². The lowest BCUT2D eigenvalue weighted by molar-refractivity contribution is 0.414. The first-order chi connectivity index (χ1) is 14.4. The van der Waals surface area contributed by atoms with E-state index in [1.54, 1.807) is 47.2 Å². The van der Waals surface area contributed by atoms with E-state index in [9.17, 15) is 13.2 Å². The number of aromatic nitrogens is 3. The number of anilines is 2. The number of hydrogen-bond acceptors (Lipinski definition) is 7. The lowest BCUT2D eigenvalue weighted by Crippen LogP contribution is -2.13. The van der Waals surface area contributed by atoms with Gasteiger partial charge in [0.05, 0.1) is 12.0 Å². The number of fused-ring (bicyclic) bond motifs is 1. The standard InChI is InChI=1S/C20H17N5O4S/c1-29-15-6-8-16(9-7-15)30(27,28)24-13-2-4-14(5-3-13)25-11-10-17(26)18-19(21)22-12-23-20(18)25/h2-12,24H,1H3,(H2,21,22,23). The summed E-state index contributed by atoms with van der Waals surface area (Å²) in [4.78, 5) is 20.3. The largest absolute Gasteiger partial charge is 0.497 e. The average Bonchev–Trinajstić information content (AvgIpc) is 2.74. The lowest BCUT2D eigenvalue weighted by atomic mass is 10.2. The second kappa shape index (κ2) is 7.48. The van der Waals surface area contributed by atoms with Crippen molar-refractivity contribution in [1.29, 1.82) is 0 Å². The van der Waals surface area contributed by atoms with Crippen molar-refractivity contribution < 1.29 is 13.2 Å². The number of nitrogens with one attached hydrogen (secondary N) is 1. The summed E-state index contributed by atoms with van der Waals surface area (Å²) in [6, 6.07) is 14.1. The van der Waals surface area contributed by atoms with E-state index in [0.717, 1.165) is 0 Å². The van der Waals surface area contributed by atoms with Crippen molar-refractivity contribution in [2.24, 2.45) is 0 Å². The molecular weight excluding hydrogens is 406 g/mol. The van der Waals surface area contributed by atoms with Gasteiger partial charge < -0.3 is 15.0 Å². The molecule has 0 radical (unpaired) electrons. The molecule has 0 bridgehead atoms. The Morgan fingerprint density at radius 2 is 1.70 bits per heavy atom. The molecule has 2 heterocycles. The second-order valence-corrected chi connectivity index (χ2v) is 8.02. The molecule has 4 rings (SSSR count). The lowest BCUT2D eigenvalue weighted by Gasteiger charge is -2.12. The topological polar surface area (TPSA) is 129 Å². The number of hydrogen-bond donors (Lipinski definition) is 2. The van der Waals surface area contributed by atoms with Crippen LogP contribution in [0.5, 0.6) is 5.75 Å². The van der Waals surface area contributed by atoms with Crippen LogP contribution >= 0.6 is 0 Å². The summed E-state index contributed by atoms with van der Waals surface area (Å²) in [6.45, 7) is 0. The molecule has 0 aliphatic carbocycles. The molecule has 0 saturated heterocycles. The predicted molar refractivity (Wildman–Crippen MR) is 113 cm³/mol. The van der Waals surface area contributed by atoms with Gasteiger partial charge in [-0.1, -0.05) is 0 Å². The predicted octanol–water partition coefficient (Wildman–Crippen LogP) is 2.17. The molecule has 2 aromatic carbocycles. The van der Waals surface area contributed by atoms with Gasteiger partial charge in [-0.15, -0.1) is 0 Å². The molecule has 9 nitrogen and oxygen atoms in total. The molecule has 0 aliphatic rings. The molecule has 0 aliphatic heterocycles. The fourth-order valence-electron chi connectivity index (χ4n) is 2.97. The first-order valence-electron chi connectivity index (χ1n) is 8.78. The van der Waals surface area contributed by atoms with Gasteiger partial charge in [0.25, 0.3) is 10.0 Å². The van der Waals surface area contributed by atoms with Gasteiger partial charge in [-0.3, -0.25) is 9.52 Å². The van der Waals surface area contributed by atoms with Gasteiger partial charge in [0.1, 0.15) is 23.3 Å². The van der Waals surface area contributed by atoms with Crippen molar-refractivity contribution in [3.05, 3.63) is 77.3 Å². The maximum atomic E-state index is 12.6. The monoisotopic (exact) mass is 423 g/mol. The molecule has 152 valence electrons. The summed E-state index contributed by atoms with van der Waals surface area (Å²) in [5.41, 5.74) is 6.96. The number of sulfonamides is 1. The summed E-state index contributed by atoms with van der Waals surface area (Å²) in [6.07, 6.45) is 2.86. The second-order valence-electron chi connectivity index (χ2n) is 6.34. The number of ether oxygens (including phenoxy) is 1. The minimum atomic E-state index is -3.75. The maximum absolute atomic E-state index is 12.6. The molecular formula is C20H17N5O4S. The molecule has 3 N–H and O–H groups in total. The Kier molecular flexibility index (Phi) is 4.84. The Balaban J connectivity index is 1.65. The van der Waals surface area contributed by atoms with E-state index in [-0.39, 0.29) is 21.5 Å². The van der Waals surface area contributed by atoms with Crippen LogP contribution in [0.15, 0.2) is 76.8 Å². The maximum Gasteiger partial charge on any atom is 0.261 e. The van der Waals surface area contributed by atoms with Crippen molar-refractivity contribution in [3.8, 4) is 11.4 Å². The molecule has 0 amide bonds. The Morgan fingerprint density at radius 1 is 1.00 bits per heavy atom. The number of pyridine rings is 1. The molecule has 2 aromatic heterocycles. The Morgan fingerprint density at radius 3 is 2.37 bits per heavy atom. The first kappa shape index (κ1) is 19.4. The minimum absolute atomic E-state index is 0.100. The van der Waals surface area contributed by atoms with E-state index in [0.29, 0.717) is 22.8 Å². The number of rotatable bonds is 5. The van der Waals surface area contributed by atoms with Crippen molar-refractivity contribution in [3.63, 3.8) is 0 Å². The van der Waals surface area contributed by atoms with Gasteiger partial charge in [0, 0.05) is 23.6 Å². The van der Waals surface area contributed by atoms with Crippen molar-refractivity contribution in [1.82, 2.24) is 14.5 Å². The highest BCUT2D eigenvalue weighted by Gasteiger charge is 2.15. The van der Waals surface area contributed by atoms with Crippen molar-refractivity contribution in [2.45, 2.75) is 4.90 Å². The highest BCUT2D eigenvalue weighted by molar-refractivity contribution is 7.92. The third-order valence-electron chi connectivity index (χ3n) is 4.47. The highest BCUT2D eigenvalue weighted by atomic mass is 32.2. The zero-order valence-corrected chi connectivity index (χ0v) is 16.6. The molecule has 4 aromatic rings. The highest BCUT2D eigenvalue weighted by Crippen LogP contribution is 2.22. The van der Waals surface area contributed by atoms with Crippen LogP contribution in [0.25, 0.3) is 16.7 Å². The van der Waals surface area contributed by atoms with Gasteiger partial charge >= 0.3 is 0 Å². The molecule has 0 spiro atoms. The van der Waals surface area contributed by atoms with Gasteiger partial charge in [-0.2, -0.15) is 0 Å². The number of nitrogen functional groups attached to an aromatic ring is 1. The smallest absolute Gasteiger partial charge is 0.261 e. The zero-order valence-electron chi connectivity index (χ0n) is 15.8. The van der Waals surface area contributed by atoms with Crippen LogP contribution in [0.4, 0.5) is 11.5 Å². The summed E-state index contributed by atoms with van der Waals surface area (Å²) in [7, 11) is -2.24. The molecule has 0 saturated carbocycles. The van der Waals surface area contributed by atoms with Crippen LogP contribution in [0.2, 0.25) is 0 Å². The van der Waals surface area contributed by atoms with E-state index in [4.69, 9.17) is 10.5 Å². The number of nitrogens with zero attached hydrogens (tertiary/aromatic N) is 3. The Bertz CT molecular complexity index is 1380. The summed E-state index contributed by atoms with van der Waals surface area (Å²) in [5, 5.41) is 0.226. The van der Waals surface area contributed by atoms with Crippen molar-refractivity contribution >= 4 is 32.6 Å². The molecule has 30 heavy (non-hydrogen) atoms. The third kappa shape index (κ3) is 3.55. The van der Waals surface area contributed by atoms with Gasteiger partial charge in [-0.25, -0.2) is 18.4 Å². The van der Waals surface area contributed by atoms with Crippen LogP contribution in [0.3, 0.4) is 0 Å². The fraction of sp³-hybridized carbons (Fsp3) is 0.0500. The van der Waals surface area contributed by atoms with Crippen LogP contribution in [0, 0.1) is 0 Å². The SMILES string of the molecule is COc1ccc(S(=O)(=O)Nc2ccc(-n3ccc(=O)c4c(N)ncnc43)cc2)cc1. The normalized spacial score (nSPS) is 11.4. The Hall–Kier alpha value is -3.92. The van der Waals surface area contributed by atoms with Crippen LogP contribution in [-0.4, -0.2) is 30.1 Å². The van der Waals surface area contributed by atoms with Crippen LogP contribution in [-0.2, 0) is 10.0 Å². The van der Waals surface area contributed by atoms with Gasteiger partial charge in [-0.05, 0) is 48.5 Å². The van der Waals surface area contributed by atoms with E-state index in [1.807, 2.05) is 0 Å². The molecule has 10 heteroatoms. The third-order valence-corrected chi connectivity index (χ3v) is 5.87. The Labute approximate surface area is 171 Å². The number of nitrogens with two attached hydrogens (primary N) is 1. The van der Waals surface area contributed by atoms with E-state index < -0.39 is 10.0 Å². The van der Waals surface area contributed by atoms with E-state index in [2.05, 4.69) is 14.7 Å². The number of benzene rings is 2. The van der Waals surface area contributed by atoms with Gasteiger partial charge in [0.15, 0.2) is 11.1 Å². The zero-order chi connectivity index (χ0) is 21.3. The quantitative estimate of drug-likeness (QED) is 0.503. The van der Waals surface area contributed by atoms with Crippen LogP contribution in [0.1, 0.15) is 0 Å². The fourth-order valence-corrected chi connectivity index (χ4v) is 4.03. The van der Waals surface area contributed by atoms with E-state index >= 15 is 0 Å². The molecule has 0 fully saturated rings. The molecule has 0 unspecified atom stereocenters. The van der Waals surface area contributed by atoms with E-state index in [1.165, 1.54) is 31.6 Å². The number of methoxy groups -OCH3 is 1.